The van der Waals surface area contributed by atoms with Crippen LogP contribution in [0.4, 0.5) is 11.5 Å². The van der Waals surface area contributed by atoms with E-state index in [0.29, 0.717) is 18.4 Å². The fourth-order valence-corrected chi connectivity index (χ4v) is 2.00. The molecule has 0 aromatic carbocycles. The molecule has 6 heteroatoms. The first-order valence-corrected chi connectivity index (χ1v) is 5.84. The first kappa shape index (κ1) is 11.8. The van der Waals surface area contributed by atoms with Crippen LogP contribution in [0.15, 0.2) is 18.3 Å². The lowest BCUT2D eigenvalue weighted by Crippen LogP contribution is -2.39. The summed E-state index contributed by atoms with van der Waals surface area (Å²) in [4.78, 5) is 14.4. The van der Waals surface area contributed by atoms with Crippen molar-refractivity contribution in [3.63, 3.8) is 0 Å². The third kappa shape index (κ3) is 3.13. The molecule has 0 amide bonds. The van der Waals surface area contributed by atoms with Crippen LogP contribution in [0.3, 0.4) is 0 Å². The van der Waals surface area contributed by atoms with Crippen LogP contribution >= 0.6 is 0 Å². The number of nitrogens with zero attached hydrogens (tertiary/aromatic N) is 2. The quantitative estimate of drug-likeness (QED) is 0.612. The second-order valence-electron chi connectivity index (χ2n) is 4.16. The van der Waals surface area contributed by atoms with Gasteiger partial charge in [0.25, 0.3) is 0 Å². The van der Waals surface area contributed by atoms with E-state index >= 15 is 0 Å². The highest BCUT2D eigenvalue weighted by molar-refractivity contribution is 5.55. The monoisotopic (exact) mass is 236 g/mol. The molecule has 6 nitrogen and oxygen atoms in total. The van der Waals surface area contributed by atoms with Gasteiger partial charge in [0.05, 0.1) is 4.92 Å². The Morgan fingerprint density at radius 1 is 1.59 bits per heavy atom. The smallest absolute Gasteiger partial charge is 0.311 e. The third-order valence-corrected chi connectivity index (χ3v) is 2.91. The lowest BCUT2D eigenvalue weighted by Gasteiger charge is -2.23. The van der Waals surface area contributed by atoms with Crippen LogP contribution in [0.2, 0.25) is 0 Å². The van der Waals surface area contributed by atoms with Gasteiger partial charge in [-0.15, -0.1) is 0 Å². The van der Waals surface area contributed by atoms with E-state index in [9.17, 15) is 10.1 Å². The molecule has 0 radical (unpaired) electrons. The van der Waals surface area contributed by atoms with E-state index in [4.69, 9.17) is 0 Å². The van der Waals surface area contributed by atoms with Crippen molar-refractivity contribution in [3.05, 3.63) is 28.4 Å². The maximum absolute atomic E-state index is 10.8. The summed E-state index contributed by atoms with van der Waals surface area (Å²) in [6.45, 7) is 1.70. The van der Waals surface area contributed by atoms with E-state index in [2.05, 4.69) is 15.6 Å². The Morgan fingerprint density at radius 2 is 2.47 bits per heavy atom. The lowest BCUT2D eigenvalue weighted by atomic mass is 10.1. The summed E-state index contributed by atoms with van der Waals surface area (Å²) in [5.74, 6) is 0.352. The number of rotatable bonds is 4. The second kappa shape index (κ2) is 5.58. The Labute approximate surface area is 99.6 Å². The highest BCUT2D eigenvalue weighted by Gasteiger charge is 2.16. The van der Waals surface area contributed by atoms with Crippen molar-refractivity contribution in [2.24, 2.45) is 0 Å². The number of nitrogens with one attached hydrogen (secondary N) is 2. The van der Waals surface area contributed by atoms with Crippen LogP contribution in [0.1, 0.15) is 19.3 Å². The standard InChI is InChI=1S/C11H16N4O2/c16-15(17)10-5-3-7-13-11(10)14-8-9-4-1-2-6-12-9/h3,5,7,9,12H,1-2,4,6,8H2,(H,13,14)/t9-/m1/s1. The lowest BCUT2D eigenvalue weighted by molar-refractivity contribution is -0.384. The van der Waals surface area contributed by atoms with Crippen LogP contribution < -0.4 is 10.6 Å². The highest BCUT2D eigenvalue weighted by atomic mass is 16.6. The van der Waals surface area contributed by atoms with E-state index in [1.807, 2.05) is 0 Å². The molecular formula is C11H16N4O2. The minimum atomic E-state index is -0.413. The van der Waals surface area contributed by atoms with Crippen LogP contribution in [0, 0.1) is 10.1 Å². The van der Waals surface area contributed by atoms with E-state index in [1.54, 1.807) is 12.3 Å². The zero-order valence-electron chi connectivity index (χ0n) is 9.56. The van der Waals surface area contributed by atoms with E-state index in [-0.39, 0.29) is 5.69 Å². The second-order valence-corrected chi connectivity index (χ2v) is 4.16. The minimum absolute atomic E-state index is 0.0308. The summed E-state index contributed by atoms with van der Waals surface area (Å²) < 4.78 is 0. The number of hydrogen-bond donors (Lipinski definition) is 2. The average molecular weight is 236 g/mol. The van der Waals surface area contributed by atoms with Crippen LogP contribution in [0.5, 0.6) is 0 Å². The van der Waals surface area contributed by atoms with Gasteiger partial charge < -0.3 is 10.6 Å². The van der Waals surface area contributed by atoms with Gasteiger partial charge in [-0.3, -0.25) is 10.1 Å². The highest BCUT2D eigenvalue weighted by Crippen LogP contribution is 2.20. The molecule has 1 aromatic heterocycles. The normalized spacial score (nSPS) is 19.9. The minimum Gasteiger partial charge on any atom is -0.363 e. The third-order valence-electron chi connectivity index (χ3n) is 2.91. The molecule has 0 unspecified atom stereocenters. The summed E-state index contributed by atoms with van der Waals surface area (Å²) in [6, 6.07) is 3.41. The molecule has 2 N–H and O–H groups in total. The van der Waals surface area contributed by atoms with Gasteiger partial charge in [0, 0.05) is 24.8 Å². The van der Waals surface area contributed by atoms with Crippen LogP contribution in [-0.2, 0) is 0 Å². The zero-order chi connectivity index (χ0) is 12.1. The first-order chi connectivity index (χ1) is 8.27. The Kier molecular flexibility index (Phi) is 3.87. The topological polar surface area (TPSA) is 80.1 Å². The molecule has 2 heterocycles. The van der Waals surface area contributed by atoms with Gasteiger partial charge in [-0.05, 0) is 25.5 Å². The molecule has 17 heavy (non-hydrogen) atoms. The van der Waals surface area contributed by atoms with Gasteiger partial charge in [0.15, 0.2) is 0 Å². The predicted molar refractivity (Wildman–Crippen MR) is 65.0 cm³/mol. The predicted octanol–water partition coefficient (Wildman–Crippen LogP) is 1.54. The molecule has 0 saturated carbocycles. The SMILES string of the molecule is O=[N+]([O-])c1cccnc1NC[C@H]1CCCCN1. The van der Waals surface area contributed by atoms with Gasteiger partial charge in [0.2, 0.25) is 5.82 Å². The molecule has 1 saturated heterocycles. The van der Waals surface area contributed by atoms with Crippen LogP contribution in [0.25, 0.3) is 0 Å². The number of aromatic nitrogens is 1. The van der Waals surface area contributed by atoms with Crippen molar-refractivity contribution in [2.75, 3.05) is 18.4 Å². The Morgan fingerprint density at radius 3 is 3.18 bits per heavy atom. The number of hydrogen-bond acceptors (Lipinski definition) is 5. The molecule has 1 fully saturated rings. The Bertz CT molecular complexity index is 391. The van der Waals surface area contributed by atoms with Gasteiger partial charge >= 0.3 is 5.69 Å². The summed E-state index contributed by atoms with van der Waals surface area (Å²) >= 11 is 0. The molecule has 0 aliphatic carbocycles. The van der Waals surface area contributed by atoms with Crippen LogP contribution in [-0.4, -0.2) is 29.0 Å². The van der Waals surface area contributed by atoms with Gasteiger partial charge in [-0.2, -0.15) is 0 Å². The van der Waals surface area contributed by atoms with E-state index in [1.165, 1.54) is 18.9 Å². The summed E-state index contributed by atoms with van der Waals surface area (Å²) in [5, 5.41) is 17.2. The molecular weight excluding hydrogens is 220 g/mol. The molecule has 0 spiro atoms. The number of piperidine rings is 1. The van der Waals surface area contributed by atoms with Gasteiger partial charge in [-0.25, -0.2) is 4.98 Å². The fourth-order valence-electron chi connectivity index (χ4n) is 2.00. The Hall–Kier alpha value is -1.69. The van der Waals surface area contributed by atoms with E-state index < -0.39 is 4.92 Å². The molecule has 2 rings (SSSR count). The van der Waals surface area contributed by atoms with Crippen molar-refractivity contribution >= 4 is 11.5 Å². The maximum Gasteiger partial charge on any atom is 0.311 e. The fraction of sp³-hybridized carbons (Fsp3) is 0.545. The number of nitro groups is 1. The molecule has 1 aromatic rings. The molecule has 1 atom stereocenters. The van der Waals surface area contributed by atoms with Crippen molar-refractivity contribution in [3.8, 4) is 0 Å². The Balaban J connectivity index is 1.96. The number of pyridine rings is 1. The number of anilines is 1. The van der Waals surface area contributed by atoms with Gasteiger partial charge in [-0.1, -0.05) is 6.42 Å². The average Bonchev–Trinajstić information content (AvgIpc) is 2.38. The summed E-state index contributed by atoms with van der Waals surface area (Å²) in [5.41, 5.74) is 0.0308. The largest absolute Gasteiger partial charge is 0.363 e. The van der Waals surface area contributed by atoms with E-state index in [0.717, 1.165) is 13.0 Å². The van der Waals surface area contributed by atoms with Gasteiger partial charge in [0.1, 0.15) is 0 Å². The molecule has 0 bridgehead atoms. The van der Waals surface area contributed by atoms with Crippen molar-refractivity contribution in [1.82, 2.24) is 10.3 Å². The summed E-state index contributed by atoms with van der Waals surface area (Å²) in [6.07, 6.45) is 5.08. The maximum atomic E-state index is 10.8. The summed E-state index contributed by atoms with van der Waals surface area (Å²) in [7, 11) is 0. The zero-order valence-corrected chi connectivity index (χ0v) is 9.56. The molecule has 1 aliphatic heterocycles. The molecule has 92 valence electrons. The van der Waals surface area contributed by atoms with Crippen molar-refractivity contribution in [2.45, 2.75) is 25.3 Å². The van der Waals surface area contributed by atoms with Crippen molar-refractivity contribution in [1.29, 1.82) is 0 Å². The van der Waals surface area contributed by atoms with Crippen molar-refractivity contribution < 1.29 is 4.92 Å². The first-order valence-electron chi connectivity index (χ1n) is 5.84. The molecule has 1 aliphatic rings.